The van der Waals surface area contributed by atoms with Gasteiger partial charge in [-0.3, -0.25) is 9.59 Å². The molecule has 7 heteroatoms. The molecule has 2 aromatic carbocycles. The number of amides is 2. The second-order valence-electron chi connectivity index (χ2n) is 8.64. The van der Waals surface area contributed by atoms with E-state index >= 15 is 0 Å². The molecule has 2 fully saturated rings. The third-order valence-electron chi connectivity index (χ3n) is 6.16. The van der Waals surface area contributed by atoms with Crippen molar-refractivity contribution in [2.45, 2.75) is 44.2 Å². The van der Waals surface area contributed by atoms with Crippen LogP contribution in [-0.2, 0) is 4.79 Å². The SMILES string of the molecule is Cc1ccc([C@@H]2CC2NCSC[C@H](NC(=O)c2ccc(F)cc2)C(=O)N2CCCC2)cc1. The summed E-state index contributed by atoms with van der Waals surface area (Å²) in [5.74, 6) is 1.00. The quantitative estimate of drug-likeness (QED) is 0.447. The third-order valence-corrected chi connectivity index (χ3v) is 7.10. The lowest BCUT2D eigenvalue weighted by molar-refractivity contribution is -0.131. The molecule has 0 radical (unpaired) electrons. The zero-order valence-corrected chi connectivity index (χ0v) is 19.2. The van der Waals surface area contributed by atoms with E-state index in [1.807, 2.05) is 4.90 Å². The van der Waals surface area contributed by atoms with Gasteiger partial charge in [0, 0.05) is 42.2 Å². The largest absolute Gasteiger partial charge is 0.341 e. The number of aryl methyl sites for hydroxylation is 1. The van der Waals surface area contributed by atoms with Crippen LogP contribution in [0.5, 0.6) is 0 Å². The highest BCUT2D eigenvalue weighted by atomic mass is 32.2. The highest BCUT2D eigenvalue weighted by molar-refractivity contribution is 7.99. The first kappa shape index (κ1) is 22.8. The number of nitrogens with one attached hydrogen (secondary N) is 2. The monoisotopic (exact) mass is 455 g/mol. The molecule has 1 heterocycles. The second-order valence-corrected chi connectivity index (χ2v) is 9.67. The van der Waals surface area contributed by atoms with Crippen molar-refractivity contribution in [3.05, 3.63) is 71.0 Å². The van der Waals surface area contributed by atoms with Crippen molar-refractivity contribution in [2.75, 3.05) is 24.7 Å². The highest BCUT2D eigenvalue weighted by Gasteiger charge is 2.37. The Morgan fingerprint density at radius 2 is 1.78 bits per heavy atom. The Morgan fingerprint density at radius 3 is 2.47 bits per heavy atom. The number of rotatable bonds is 9. The minimum Gasteiger partial charge on any atom is -0.341 e. The molecule has 5 nitrogen and oxygen atoms in total. The summed E-state index contributed by atoms with van der Waals surface area (Å²) in [5, 5.41) is 6.43. The van der Waals surface area contributed by atoms with E-state index in [-0.39, 0.29) is 11.8 Å². The van der Waals surface area contributed by atoms with Crippen molar-refractivity contribution in [2.24, 2.45) is 0 Å². The molecule has 4 rings (SSSR count). The molecule has 1 aliphatic heterocycles. The van der Waals surface area contributed by atoms with Crippen molar-refractivity contribution >= 4 is 23.6 Å². The molecule has 3 atom stereocenters. The number of thioether (sulfide) groups is 1. The summed E-state index contributed by atoms with van der Waals surface area (Å²) in [6, 6.07) is 14.0. The van der Waals surface area contributed by atoms with Crippen molar-refractivity contribution in [1.29, 1.82) is 0 Å². The summed E-state index contributed by atoms with van der Waals surface area (Å²) >= 11 is 1.62. The first-order valence-electron chi connectivity index (χ1n) is 11.2. The average Bonchev–Trinajstić information content (AvgIpc) is 3.35. The fraction of sp³-hybridized carbons (Fsp3) is 0.440. The van der Waals surface area contributed by atoms with E-state index in [1.165, 1.54) is 35.4 Å². The fourth-order valence-corrected chi connectivity index (χ4v) is 5.03. The number of nitrogens with zero attached hydrogens (tertiary/aromatic N) is 1. The topological polar surface area (TPSA) is 61.4 Å². The third kappa shape index (κ3) is 5.90. The van der Waals surface area contributed by atoms with Crippen molar-refractivity contribution < 1.29 is 14.0 Å². The second kappa shape index (κ2) is 10.5. The zero-order valence-electron chi connectivity index (χ0n) is 18.4. The molecule has 170 valence electrons. The van der Waals surface area contributed by atoms with Gasteiger partial charge in [0.15, 0.2) is 0 Å². The maximum atomic E-state index is 13.2. The predicted octanol–water partition coefficient (Wildman–Crippen LogP) is 3.69. The van der Waals surface area contributed by atoms with E-state index < -0.39 is 11.9 Å². The van der Waals surface area contributed by atoms with Gasteiger partial charge in [-0.25, -0.2) is 4.39 Å². The molecule has 1 saturated carbocycles. The van der Waals surface area contributed by atoms with Crippen molar-refractivity contribution in [3.63, 3.8) is 0 Å². The van der Waals surface area contributed by atoms with E-state index in [1.54, 1.807) is 11.8 Å². The maximum Gasteiger partial charge on any atom is 0.251 e. The van der Waals surface area contributed by atoms with Crippen LogP contribution in [0, 0.1) is 12.7 Å². The Morgan fingerprint density at radius 1 is 1.09 bits per heavy atom. The summed E-state index contributed by atoms with van der Waals surface area (Å²) in [7, 11) is 0. The van der Waals surface area contributed by atoms with Gasteiger partial charge >= 0.3 is 0 Å². The molecule has 0 bridgehead atoms. The summed E-state index contributed by atoms with van der Waals surface area (Å²) in [5.41, 5.74) is 2.99. The van der Waals surface area contributed by atoms with Crippen LogP contribution in [0.4, 0.5) is 4.39 Å². The Balaban J connectivity index is 1.28. The molecule has 2 amide bonds. The molecular formula is C25H30FN3O2S. The van der Waals surface area contributed by atoms with E-state index in [9.17, 15) is 14.0 Å². The predicted molar refractivity (Wildman–Crippen MR) is 126 cm³/mol. The number of hydrogen-bond acceptors (Lipinski definition) is 4. The highest BCUT2D eigenvalue weighted by Crippen LogP contribution is 2.40. The van der Waals surface area contributed by atoms with E-state index in [4.69, 9.17) is 0 Å². The molecule has 0 spiro atoms. The van der Waals surface area contributed by atoms with Crippen LogP contribution in [0.25, 0.3) is 0 Å². The molecule has 0 aromatic heterocycles. The zero-order chi connectivity index (χ0) is 22.5. The molecule has 1 unspecified atom stereocenters. The number of carbonyl (C=O) groups is 2. The van der Waals surface area contributed by atoms with Crippen molar-refractivity contribution in [3.8, 4) is 0 Å². The van der Waals surface area contributed by atoms with Crippen LogP contribution >= 0.6 is 11.8 Å². The minimum atomic E-state index is -0.593. The van der Waals surface area contributed by atoms with Gasteiger partial charge in [0.25, 0.3) is 5.91 Å². The first-order chi connectivity index (χ1) is 15.5. The van der Waals surface area contributed by atoms with E-state index in [0.29, 0.717) is 23.3 Å². The van der Waals surface area contributed by atoms with Crippen LogP contribution in [0.1, 0.15) is 46.7 Å². The lowest BCUT2D eigenvalue weighted by atomic mass is 10.1. The van der Waals surface area contributed by atoms with Gasteiger partial charge in [0.2, 0.25) is 5.91 Å². The van der Waals surface area contributed by atoms with Gasteiger partial charge in [-0.15, -0.1) is 11.8 Å². The Bertz CT molecular complexity index is 929. The summed E-state index contributed by atoms with van der Waals surface area (Å²) in [6.07, 6.45) is 3.13. The normalized spacial score (nSPS) is 20.8. The van der Waals surface area contributed by atoms with Crippen molar-refractivity contribution in [1.82, 2.24) is 15.5 Å². The van der Waals surface area contributed by atoms with Crippen LogP contribution in [0.15, 0.2) is 48.5 Å². The van der Waals surface area contributed by atoms with E-state index in [0.717, 1.165) is 38.2 Å². The lowest BCUT2D eigenvalue weighted by Crippen LogP contribution is -2.49. The van der Waals surface area contributed by atoms with Crippen LogP contribution < -0.4 is 10.6 Å². The molecule has 1 saturated heterocycles. The number of halogens is 1. The summed E-state index contributed by atoms with van der Waals surface area (Å²) in [6.45, 7) is 3.58. The van der Waals surface area contributed by atoms with Gasteiger partial charge < -0.3 is 15.5 Å². The van der Waals surface area contributed by atoms with Crippen LogP contribution in [-0.4, -0.2) is 53.5 Å². The van der Waals surface area contributed by atoms with Gasteiger partial charge in [0.1, 0.15) is 11.9 Å². The van der Waals surface area contributed by atoms with Crippen LogP contribution in [0.3, 0.4) is 0 Å². The molecule has 2 N–H and O–H groups in total. The van der Waals surface area contributed by atoms with Gasteiger partial charge in [0.05, 0.1) is 0 Å². The Kier molecular flexibility index (Phi) is 7.48. The number of likely N-dealkylation sites (tertiary alicyclic amines) is 1. The number of hydrogen-bond donors (Lipinski definition) is 2. The lowest BCUT2D eigenvalue weighted by Gasteiger charge is -2.24. The standard InChI is InChI=1S/C25H30FN3O2S/c1-17-4-6-18(7-5-17)21-14-22(21)27-16-32-15-23(25(31)29-12-2-3-13-29)28-24(30)19-8-10-20(26)11-9-19/h4-11,21-23,27H,2-3,12-16H2,1H3,(H,28,30)/t21-,22?,23-/m0/s1. The van der Waals surface area contributed by atoms with Crippen LogP contribution in [0.2, 0.25) is 0 Å². The van der Waals surface area contributed by atoms with Gasteiger partial charge in [-0.1, -0.05) is 29.8 Å². The van der Waals surface area contributed by atoms with E-state index in [2.05, 4.69) is 41.8 Å². The molecular weight excluding hydrogens is 425 g/mol. The number of carbonyl (C=O) groups excluding carboxylic acids is 2. The fourth-order valence-electron chi connectivity index (χ4n) is 4.12. The first-order valence-corrected chi connectivity index (χ1v) is 12.4. The summed E-state index contributed by atoms with van der Waals surface area (Å²) in [4.78, 5) is 27.5. The van der Waals surface area contributed by atoms with Gasteiger partial charge in [-0.2, -0.15) is 0 Å². The minimum absolute atomic E-state index is 0.0329. The molecule has 32 heavy (non-hydrogen) atoms. The Labute approximate surface area is 193 Å². The molecule has 1 aliphatic carbocycles. The average molecular weight is 456 g/mol. The van der Waals surface area contributed by atoms with Gasteiger partial charge in [-0.05, 0) is 56.0 Å². The summed E-state index contributed by atoms with van der Waals surface area (Å²) < 4.78 is 13.2. The molecule has 2 aromatic rings. The number of benzene rings is 2. The maximum absolute atomic E-state index is 13.2. The molecule has 2 aliphatic rings. The smallest absolute Gasteiger partial charge is 0.251 e. The Hall–Kier alpha value is -2.38.